The Hall–Kier alpha value is -1.84. The van der Waals surface area contributed by atoms with Crippen molar-refractivity contribution in [2.75, 3.05) is 32.7 Å². The van der Waals surface area contributed by atoms with E-state index in [0.717, 1.165) is 37.9 Å². The van der Waals surface area contributed by atoms with Crippen LogP contribution < -0.4 is 10.6 Å². The molecule has 8 heteroatoms. The number of carbonyl (C=O) groups excluding carboxylic acids is 2. The molecule has 0 aromatic heterocycles. The second-order valence-electron chi connectivity index (χ2n) is 8.48. The average Bonchev–Trinajstić information content (AvgIpc) is 3.48. The Bertz CT molecular complexity index is 752. The predicted octanol–water partition coefficient (Wildman–Crippen LogP) is 3.00. The molecular formula is C24H38IN5O2. The van der Waals surface area contributed by atoms with Crippen molar-refractivity contribution in [1.82, 2.24) is 20.4 Å². The fourth-order valence-electron chi connectivity index (χ4n) is 4.45. The van der Waals surface area contributed by atoms with E-state index in [0.29, 0.717) is 31.5 Å². The Morgan fingerprint density at radius 2 is 1.84 bits per heavy atom. The summed E-state index contributed by atoms with van der Waals surface area (Å²) in [6, 6.07) is 10.2. The largest absolute Gasteiger partial charge is 0.357 e. The van der Waals surface area contributed by atoms with Gasteiger partial charge in [-0.25, -0.2) is 4.99 Å². The minimum absolute atomic E-state index is 0. The van der Waals surface area contributed by atoms with Gasteiger partial charge >= 0.3 is 0 Å². The first-order valence-corrected chi connectivity index (χ1v) is 11.8. The van der Waals surface area contributed by atoms with E-state index in [4.69, 9.17) is 0 Å². The number of amides is 2. The third kappa shape index (κ3) is 7.64. The zero-order chi connectivity index (χ0) is 22.1. The van der Waals surface area contributed by atoms with Crippen LogP contribution in [-0.2, 0) is 16.1 Å². The molecule has 0 spiro atoms. The lowest BCUT2D eigenvalue weighted by Gasteiger charge is -2.22. The van der Waals surface area contributed by atoms with Gasteiger partial charge in [0.1, 0.15) is 6.54 Å². The normalized spacial score (nSPS) is 18.9. The van der Waals surface area contributed by atoms with Gasteiger partial charge in [0.25, 0.3) is 0 Å². The molecule has 1 saturated heterocycles. The molecule has 0 radical (unpaired) electrons. The Morgan fingerprint density at radius 3 is 2.50 bits per heavy atom. The molecular weight excluding hydrogens is 517 g/mol. The van der Waals surface area contributed by atoms with Crippen molar-refractivity contribution in [2.45, 2.75) is 58.5 Å². The highest BCUT2D eigenvalue weighted by molar-refractivity contribution is 14.0. The van der Waals surface area contributed by atoms with Crippen LogP contribution in [0.3, 0.4) is 0 Å². The van der Waals surface area contributed by atoms with Gasteiger partial charge in [-0.3, -0.25) is 9.59 Å². The van der Waals surface area contributed by atoms with Gasteiger partial charge in [-0.15, -0.1) is 24.0 Å². The number of guanidine groups is 1. The molecule has 1 heterocycles. The van der Waals surface area contributed by atoms with Crippen molar-refractivity contribution >= 4 is 41.8 Å². The Balaban J connectivity index is 0.00000363. The number of aliphatic imine (C=N–C) groups is 1. The van der Waals surface area contributed by atoms with Crippen molar-refractivity contribution < 1.29 is 9.59 Å². The number of carbonyl (C=O) groups is 2. The first-order chi connectivity index (χ1) is 15.1. The van der Waals surface area contributed by atoms with Crippen LogP contribution in [0.2, 0.25) is 0 Å². The quantitative estimate of drug-likeness (QED) is 0.294. The van der Waals surface area contributed by atoms with Crippen molar-refractivity contribution in [2.24, 2.45) is 10.9 Å². The fourth-order valence-corrected chi connectivity index (χ4v) is 4.45. The smallest absolute Gasteiger partial charge is 0.244 e. The Morgan fingerprint density at radius 1 is 1.12 bits per heavy atom. The summed E-state index contributed by atoms with van der Waals surface area (Å²) in [5.41, 5.74) is 1.12. The molecule has 0 bridgehead atoms. The van der Waals surface area contributed by atoms with Crippen LogP contribution in [0.15, 0.2) is 35.3 Å². The molecule has 2 aliphatic rings. The topological polar surface area (TPSA) is 77.0 Å². The fraction of sp³-hybridized carbons (Fsp3) is 0.625. The summed E-state index contributed by atoms with van der Waals surface area (Å²) < 4.78 is 0. The first kappa shape index (κ1) is 26.4. The van der Waals surface area contributed by atoms with E-state index in [1.54, 1.807) is 0 Å². The van der Waals surface area contributed by atoms with Gasteiger partial charge in [-0.2, -0.15) is 0 Å². The maximum Gasteiger partial charge on any atom is 0.244 e. The van der Waals surface area contributed by atoms with E-state index in [-0.39, 0.29) is 48.4 Å². The van der Waals surface area contributed by atoms with E-state index in [1.165, 1.54) is 12.8 Å². The first-order valence-electron chi connectivity index (χ1n) is 11.8. The molecule has 178 valence electrons. The van der Waals surface area contributed by atoms with Crippen LogP contribution in [0.5, 0.6) is 0 Å². The van der Waals surface area contributed by atoms with Crippen molar-refractivity contribution in [1.29, 1.82) is 0 Å². The van der Waals surface area contributed by atoms with Crippen LogP contribution >= 0.6 is 24.0 Å². The summed E-state index contributed by atoms with van der Waals surface area (Å²) in [6.07, 6.45) is 5.34. The van der Waals surface area contributed by atoms with Gasteiger partial charge in [0.2, 0.25) is 11.8 Å². The lowest BCUT2D eigenvalue weighted by atomic mass is 10.1. The highest BCUT2D eigenvalue weighted by atomic mass is 127. The summed E-state index contributed by atoms with van der Waals surface area (Å²) in [5, 5.41) is 6.66. The van der Waals surface area contributed by atoms with Crippen LogP contribution in [-0.4, -0.2) is 66.3 Å². The van der Waals surface area contributed by atoms with Crippen LogP contribution in [0, 0.1) is 5.92 Å². The third-order valence-electron chi connectivity index (χ3n) is 6.21. The van der Waals surface area contributed by atoms with Crippen molar-refractivity contribution in [3.8, 4) is 0 Å². The maximum atomic E-state index is 12.7. The number of nitrogens with one attached hydrogen (secondary N) is 2. The lowest BCUT2D eigenvalue weighted by molar-refractivity contribution is -0.134. The SMILES string of the molecule is CCNC(=NCC(=O)N(CC)Cc1ccccc1)NC1CCN(C(=O)C2CCCC2)C1.I. The molecule has 1 unspecified atom stereocenters. The number of hydrogen-bond donors (Lipinski definition) is 2. The van der Waals surface area contributed by atoms with Gasteiger partial charge in [-0.05, 0) is 38.7 Å². The van der Waals surface area contributed by atoms with Gasteiger partial charge in [0, 0.05) is 44.7 Å². The van der Waals surface area contributed by atoms with E-state index in [9.17, 15) is 9.59 Å². The highest BCUT2D eigenvalue weighted by Gasteiger charge is 2.32. The number of rotatable bonds is 8. The molecule has 1 aromatic carbocycles. The predicted molar refractivity (Wildman–Crippen MR) is 139 cm³/mol. The van der Waals surface area contributed by atoms with E-state index < -0.39 is 0 Å². The standard InChI is InChI=1S/C24H37N5O2.HI/c1-3-25-24(26-16-22(30)28(4-2)17-19-10-6-5-7-11-19)27-21-14-15-29(18-21)23(31)20-12-8-9-13-20;/h5-7,10-11,20-21H,3-4,8-9,12-18H2,1-2H3,(H2,25,26,27);1H. The molecule has 2 N–H and O–H groups in total. The van der Waals surface area contributed by atoms with Gasteiger partial charge in [0.15, 0.2) is 5.96 Å². The molecule has 3 rings (SSSR count). The van der Waals surface area contributed by atoms with Gasteiger partial charge in [0.05, 0.1) is 0 Å². The monoisotopic (exact) mass is 555 g/mol. The van der Waals surface area contributed by atoms with Crippen molar-refractivity contribution in [3.05, 3.63) is 35.9 Å². The number of nitrogens with zero attached hydrogens (tertiary/aromatic N) is 3. The molecule has 1 atom stereocenters. The lowest BCUT2D eigenvalue weighted by Crippen LogP contribution is -2.46. The number of likely N-dealkylation sites (tertiary alicyclic amines) is 1. The summed E-state index contributed by atoms with van der Waals surface area (Å²) in [4.78, 5) is 33.8. The summed E-state index contributed by atoms with van der Waals surface area (Å²) in [7, 11) is 0. The summed E-state index contributed by atoms with van der Waals surface area (Å²) in [6.45, 7) is 7.58. The molecule has 1 aromatic rings. The minimum Gasteiger partial charge on any atom is -0.357 e. The van der Waals surface area contributed by atoms with Crippen LogP contribution in [0.25, 0.3) is 0 Å². The summed E-state index contributed by atoms with van der Waals surface area (Å²) in [5.74, 6) is 1.20. The third-order valence-corrected chi connectivity index (χ3v) is 6.21. The molecule has 2 fully saturated rings. The molecule has 1 aliphatic heterocycles. The molecule has 32 heavy (non-hydrogen) atoms. The molecule has 1 saturated carbocycles. The van der Waals surface area contributed by atoms with E-state index in [1.807, 2.05) is 54.0 Å². The second-order valence-corrected chi connectivity index (χ2v) is 8.48. The average molecular weight is 556 g/mol. The van der Waals surface area contributed by atoms with E-state index >= 15 is 0 Å². The number of benzene rings is 1. The highest BCUT2D eigenvalue weighted by Crippen LogP contribution is 2.27. The van der Waals surface area contributed by atoms with Gasteiger partial charge in [-0.1, -0.05) is 43.2 Å². The number of likely N-dealkylation sites (N-methyl/N-ethyl adjacent to an activating group) is 1. The van der Waals surface area contributed by atoms with Gasteiger partial charge < -0.3 is 20.4 Å². The minimum atomic E-state index is 0. The maximum absolute atomic E-state index is 12.7. The Labute approximate surface area is 209 Å². The molecule has 2 amide bonds. The molecule has 1 aliphatic carbocycles. The summed E-state index contributed by atoms with van der Waals surface area (Å²) >= 11 is 0. The van der Waals surface area contributed by atoms with Crippen LogP contribution in [0.1, 0.15) is 51.5 Å². The van der Waals surface area contributed by atoms with E-state index in [2.05, 4.69) is 15.6 Å². The zero-order valence-electron chi connectivity index (χ0n) is 19.4. The Kier molecular flexibility index (Phi) is 11.3. The van der Waals surface area contributed by atoms with Crippen LogP contribution in [0.4, 0.5) is 0 Å². The second kappa shape index (κ2) is 13.6. The van der Waals surface area contributed by atoms with Crippen molar-refractivity contribution in [3.63, 3.8) is 0 Å². The molecule has 7 nitrogen and oxygen atoms in total. The number of halogens is 1. The number of hydrogen-bond acceptors (Lipinski definition) is 3. The zero-order valence-corrected chi connectivity index (χ0v) is 21.7.